The van der Waals surface area contributed by atoms with Gasteiger partial charge in [0.25, 0.3) is 5.91 Å². The van der Waals surface area contributed by atoms with Crippen LogP contribution in [0.15, 0.2) is 28.7 Å². The number of benzene rings is 1. The molecular weight excluding hydrogens is 441 g/mol. The van der Waals surface area contributed by atoms with Crippen LogP contribution < -0.4 is 15.8 Å². The quantitative estimate of drug-likeness (QED) is 0.594. The van der Waals surface area contributed by atoms with Crippen molar-refractivity contribution >= 4 is 22.6 Å². The lowest BCUT2D eigenvalue weighted by Gasteiger charge is -2.21. The first kappa shape index (κ1) is 22.7. The van der Waals surface area contributed by atoms with Crippen LogP contribution >= 0.6 is 0 Å². The number of halogens is 3. The van der Waals surface area contributed by atoms with Gasteiger partial charge in [-0.1, -0.05) is 6.42 Å². The standard InChI is InChI=1S/C22H21F3N4O4/c1-32-15-8-6-12(11-7-9-17(22(23,24)25)28-18(11)15)21-29-19(16(10-26)33-21)20(31)27-13-4-2-3-5-14(13)30/h6-9,13H,2-5,10,26H2,1H3,(H,27,31). The molecule has 2 aromatic heterocycles. The number of nitrogens with one attached hydrogen (secondary N) is 1. The Labute approximate surface area is 186 Å². The second kappa shape index (κ2) is 8.81. The highest BCUT2D eigenvalue weighted by atomic mass is 19.4. The Kier molecular flexibility index (Phi) is 6.07. The Morgan fingerprint density at radius 3 is 2.70 bits per heavy atom. The van der Waals surface area contributed by atoms with Crippen molar-refractivity contribution in [3.05, 3.63) is 41.4 Å². The molecule has 0 radical (unpaired) electrons. The van der Waals surface area contributed by atoms with Gasteiger partial charge in [0.15, 0.2) is 17.2 Å². The van der Waals surface area contributed by atoms with Gasteiger partial charge in [0, 0.05) is 17.4 Å². The molecule has 3 N–H and O–H groups in total. The molecule has 1 saturated carbocycles. The number of pyridine rings is 1. The molecule has 1 amide bonds. The Balaban J connectivity index is 1.75. The number of nitrogens with two attached hydrogens (primary N) is 1. The zero-order valence-corrected chi connectivity index (χ0v) is 17.7. The number of ketones is 1. The molecule has 33 heavy (non-hydrogen) atoms. The highest BCUT2D eigenvalue weighted by Crippen LogP contribution is 2.37. The summed E-state index contributed by atoms with van der Waals surface area (Å²) in [5, 5.41) is 2.97. The fraction of sp³-hybridized carbons (Fsp3) is 0.364. The number of hydrogen-bond acceptors (Lipinski definition) is 7. The second-order valence-electron chi connectivity index (χ2n) is 7.64. The number of methoxy groups -OCH3 is 1. The molecule has 174 valence electrons. The van der Waals surface area contributed by atoms with E-state index >= 15 is 0 Å². The molecule has 11 heteroatoms. The number of alkyl halides is 3. The average Bonchev–Trinajstić information content (AvgIpc) is 3.23. The summed E-state index contributed by atoms with van der Waals surface area (Å²) in [4.78, 5) is 32.8. The van der Waals surface area contributed by atoms with Crippen molar-refractivity contribution in [2.45, 2.75) is 44.4 Å². The molecule has 0 saturated heterocycles. The van der Waals surface area contributed by atoms with E-state index in [0.29, 0.717) is 23.8 Å². The number of fused-ring (bicyclic) bond motifs is 1. The summed E-state index contributed by atoms with van der Waals surface area (Å²) in [7, 11) is 1.32. The number of amides is 1. The van der Waals surface area contributed by atoms with E-state index in [9.17, 15) is 22.8 Å². The number of rotatable bonds is 5. The molecule has 0 spiro atoms. The van der Waals surface area contributed by atoms with Gasteiger partial charge in [-0.15, -0.1) is 0 Å². The number of oxazole rings is 1. The molecule has 0 bridgehead atoms. The molecule has 8 nitrogen and oxygen atoms in total. The van der Waals surface area contributed by atoms with Crippen LogP contribution in [-0.2, 0) is 17.5 Å². The van der Waals surface area contributed by atoms with E-state index in [0.717, 1.165) is 18.9 Å². The SMILES string of the molecule is COc1ccc(-c2nc(C(=O)NC3CCCCC3=O)c(CN)o2)c2ccc(C(F)(F)F)nc12. The van der Waals surface area contributed by atoms with Gasteiger partial charge >= 0.3 is 6.18 Å². The molecule has 1 aromatic carbocycles. The fourth-order valence-electron chi connectivity index (χ4n) is 3.85. The maximum atomic E-state index is 13.2. The zero-order chi connectivity index (χ0) is 23.8. The normalized spacial score (nSPS) is 16.8. The largest absolute Gasteiger partial charge is 0.494 e. The lowest BCUT2D eigenvalue weighted by Crippen LogP contribution is -2.42. The maximum absolute atomic E-state index is 13.2. The average molecular weight is 462 g/mol. The third-order valence-corrected chi connectivity index (χ3v) is 5.52. The summed E-state index contributed by atoms with van der Waals surface area (Å²) in [6.07, 6.45) is -2.06. The van der Waals surface area contributed by atoms with Gasteiger partial charge in [-0.2, -0.15) is 13.2 Å². The Bertz CT molecular complexity index is 1220. The number of nitrogens with zero attached hydrogens (tertiary/aromatic N) is 2. The van der Waals surface area contributed by atoms with Gasteiger partial charge in [0.2, 0.25) is 5.89 Å². The van der Waals surface area contributed by atoms with E-state index < -0.39 is 23.8 Å². The molecule has 1 fully saturated rings. The van der Waals surface area contributed by atoms with Gasteiger partial charge in [-0.05, 0) is 37.1 Å². The molecule has 1 aliphatic carbocycles. The molecular formula is C22H21F3N4O4. The van der Waals surface area contributed by atoms with Gasteiger partial charge < -0.3 is 20.2 Å². The van der Waals surface area contributed by atoms with E-state index in [-0.39, 0.29) is 40.9 Å². The highest BCUT2D eigenvalue weighted by Gasteiger charge is 2.33. The first-order valence-corrected chi connectivity index (χ1v) is 10.3. The van der Waals surface area contributed by atoms with E-state index in [4.69, 9.17) is 14.9 Å². The third-order valence-electron chi connectivity index (χ3n) is 5.52. The lowest BCUT2D eigenvalue weighted by molar-refractivity contribution is -0.141. The minimum absolute atomic E-state index is 0.00946. The predicted molar refractivity (Wildman–Crippen MR) is 111 cm³/mol. The van der Waals surface area contributed by atoms with Crippen molar-refractivity contribution in [3.8, 4) is 17.2 Å². The topological polar surface area (TPSA) is 120 Å². The van der Waals surface area contributed by atoms with Crippen molar-refractivity contribution in [2.75, 3.05) is 7.11 Å². The summed E-state index contributed by atoms with van der Waals surface area (Å²) in [5.41, 5.74) is 4.87. The van der Waals surface area contributed by atoms with Crippen molar-refractivity contribution in [2.24, 2.45) is 5.73 Å². The van der Waals surface area contributed by atoms with Crippen molar-refractivity contribution < 1.29 is 31.9 Å². The van der Waals surface area contributed by atoms with Gasteiger partial charge in [-0.3, -0.25) is 9.59 Å². The molecule has 3 aromatic rings. The van der Waals surface area contributed by atoms with E-state index in [2.05, 4.69) is 15.3 Å². The first-order chi connectivity index (χ1) is 15.7. The van der Waals surface area contributed by atoms with E-state index in [1.807, 2.05) is 0 Å². The van der Waals surface area contributed by atoms with Crippen LogP contribution in [0.1, 0.15) is 47.6 Å². The van der Waals surface area contributed by atoms with Gasteiger partial charge in [0.05, 0.1) is 19.7 Å². The summed E-state index contributed by atoms with van der Waals surface area (Å²) in [6, 6.07) is 4.49. The van der Waals surface area contributed by atoms with Crippen LogP contribution in [0.3, 0.4) is 0 Å². The highest BCUT2D eigenvalue weighted by molar-refractivity contribution is 5.99. The van der Waals surface area contributed by atoms with Crippen LogP contribution in [0.2, 0.25) is 0 Å². The molecule has 0 aliphatic heterocycles. The third kappa shape index (κ3) is 4.40. The predicted octanol–water partition coefficient (Wildman–Crippen LogP) is 3.62. The number of carbonyl (C=O) groups excluding carboxylic acids is 2. The summed E-state index contributed by atoms with van der Waals surface area (Å²) >= 11 is 0. The number of Topliss-reactive ketones (excluding diaryl/α,β-unsaturated/α-hetero) is 1. The van der Waals surface area contributed by atoms with Crippen molar-refractivity contribution in [1.29, 1.82) is 0 Å². The van der Waals surface area contributed by atoms with Crippen LogP contribution in [0.5, 0.6) is 5.75 Å². The summed E-state index contributed by atoms with van der Waals surface area (Å²) < 4.78 is 50.4. The number of aromatic nitrogens is 2. The second-order valence-corrected chi connectivity index (χ2v) is 7.64. The minimum Gasteiger partial charge on any atom is -0.494 e. The molecule has 4 rings (SSSR count). The van der Waals surface area contributed by atoms with Crippen molar-refractivity contribution in [3.63, 3.8) is 0 Å². The minimum atomic E-state index is -4.63. The first-order valence-electron chi connectivity index (χ1n) is 10.3. The Morgan fingerprint density at radius 1 is 1.24 bits per heavy atom. The number of carbonyl (C=O) groups is 2. The smallest absolute Gasteiger partial charge is 0.433 e. The summed E-state index contributed by atoms with van der Waals surface area (Å²) in [5.74, 6) is -0.417. The van der Waals surface area contributed by atoms with Crippen molar-refractivity contribution in [1.82, 2.24) is 15.3 Å². The van der Waals surface area contributed by atoms with Crippen LogP contribution in [-0.4, -0.2) is 34.8 Å². The number of ether oxygens (including phenoxy) is 1. The lowest BCUT2D eigenvalue weighted by atomic mass is 9.94. The molecule has 1 unspecified atom stereocenters. The number of hydrogen-bond donors (Lipinski definition) is 2. The van der Waals surface area contributed by atoms with Gasteiger partial charge in [0.1, 0.15) is 17.0 Å². The Hall–Kier alpha value is -3.47. The van der Waals surface area contributed by atoms with E-state index in [1.165, 1.54) is 19.2 Å². The van der Waals surface area contributed by atoms with Gasteiger partial charge in [-0.25, -0.2) is 9.97 Å². The monoisotopic (exact) mass is 462 g/mol. The molecule has 2 heterocycles. The van der Waals surface area contributed by atoms with Crippen LogP contribution in [0, 0.1) is 0 Å². The maximum Gasteiger partial charge on any atom is 0.433 e. The van der Waals surface area contributed by atoms with E-state index in [1.54, 1.807) is 6.07 Å². The van der Waals surface area contributed by atoms with Crippen LogP contribution in [0.25, 0.3) is 22.4 Å². The zero-order valence-electron chi connectivity index (χ0n) is 17.7. The fourth-order valence-corrected chi connectivity index (χ4v) is 3.85. The Morgan fingerprint density at radius 2 is 2.03 bits per heavy atom. The summed E-state index contributed by atoms with van der Waals surface area (Å²) in [6.45, 7) is -0.140. The van der Waals surface area contributed by atoms with Crippen LogP contribution in [0.4, 0.5) is 13.2 Å². The molecule has 1 atom stereocenters. The molecule has 1 aliphatic rings.